The van der Waals surface area contributed by atoms with Gasteiger partial charge in [-0.15, -0.1) is 0 Å². The molecule has 0 aliphatic heterocycles. The van der Waals surface area contributed by atoms with Crippen molar-refractivity contribution < 1.29 is 63.1 Å². The fraction of sp³-hybridized carbons (Fsp3) is 0.755. The van der Waals surface area contributed by atoms with Crippen LogP contribution in [0.1, 0.15) is 181 Å². The number of carbonyl (C=O) groups is 2. The van der Waals surface area contributed by atoms with Gasteiger partial charge in [0.2, 0.25) is 0 Å². The number of phosphoric acid groups is 1. The van der Waals surface area contributed by atoms with E-state index in [1.807, 2.05) is 0 Å². The van der Waals surface area contributed by atoms with Gasteiger partial charge in [0.15, 0.2) is 6.10 Å². The predicted octanol–water partition coefficient (Wildman–Crippen LogP) is 9.73. The zero-order chi connectivity index (χ0) is 46.4. The van der Waals surface area contributed by atoms with Crippen molar-refractivity contribution in [3.05, 3.63) is 60.8 Å². The third-order valence-corrected chi connectivity index (χ3v) is 11.8. The Morgan fingerprint density at radius 1 is 0.492 bits per heavy atom. The van der Waals surface area contributed by atoms with Crippen LogP contribution in [0.15, 0.2) is 60.8 Å². The van der Waals surface area contributed by atoms with Gasteiger partial charge >= 0.3 is 19.8 Å². The molecule has 364 valence electrons. The second kappa shape index (κ2) is 38.8. The molecule has 1 rings (SSSR count). The van der Waals surface area contributed by atoms with Crippen molar-refractivity contribution >= 4 is 19.8 Å². The second-order valence-corrected chi connectivity index (χ2v) is 18.0. The van der Waals surface area contributed by atoms with Gasteiger partial charge in [0, 0.05) is 12.8 Å². The van der Waals surface area contributed by atoms with Crippen molar-refractivity contribution in [2.75, 3.05) is 13.2 Å². The topological polar surface area (TPSA) is 210 Å². The van der Waals surface area contributed by atoms with Crippen LogP contribution in [0.3, 0.4) is 0 Å². The first-order chi connectivity index (χ1) is 30.4. The van der Waals surface area contributed by atoms with Crippen molar-refractivity contribution in [3.8, 4) is 0 Å². The van der Waals surface area contributed by atoms with Gasteiger partial charge in [-0.2, -0.15) is 0 Å². The summed E-state index contributed by atoms with van der Waals surface area (Å²) in [5.41, 5.74) is 0. The van der Waals surface area contributed by atoms with E-state index in [0.717, 1.165) is 70.6 Å². The lowest BCUT2D eigenvalue weighted by molar-refractivity contribution is -0.220. The van der Waals surface area contributed by atoms with E-state index in [1.165, 1.54) is 70.6 Å². The number of carbonyl (C=O) groups excluding carboxylic acids is 2. The monoisotopic (exact) mass is 913 g/mol. The summed E-state index contributed by atoms with van der Waals surface area (Å²) in [6.07, 6.45) is 34.1. The Morgan fingerprint density at radius 2 is 0.857 bits per heavy atom. The van der Waals surface area contributed by atoms with E-state index in [0.29, 0.717) is 12.8 Å². The van der Waals surface area contributed by atoms with Crippen LogP contribution in [-0.2, 0) is 32.7 Å². The van der Waals surface area contributed by atoms with Crippen LogP contribution in [0.5, 0.6) is 0 Å². The first-order valence-corrected chi connectivity index (χ1v) is 25.6. The van der Waals surface area contributed by atoms with Crippen LogP contribution >= 0.6 is 7.82 Å². The van der Waals surface area contributed by atoms with Gasteiger partial charge in [-0.3, -0.25) is 18.6 Å². The van der Waals surface area contributed by atoms with E-state index in [-0.39, 0.29) is 12.8 Å². The standard InChI is InChI=1S/C49H85O13P/c1-3-5-7-9-11-13-15-17-19-20-21-22-24-26-28-30-32-34-36-38-43(51)61-41(40-60-63(57,58)62-49-47(55)45(53)44(52)46(54)48(49)56)39-59-42(50)37-35-33-31-29-27-25-23-18-16-14-12-10-8-6-4-2/h11-14,17-19,23,27,29,41,44-49,52-56H,3-10,15-16,20-22,24-26,28,30-40H2,1-2H3,(H,57,58)/b13-11-,14-12-,19-17-,23-18-,29-27-/t41-,44?,45-,46?,47?,48?,49?/m1/s1. The quantitative estimate of drug-likeness (QED) is 0.0147. The molecule has 6 unspecified atom stereocenters. The summed E-state index contributed by atoms with van der Waals surface area (Å²) in [5, 5.41) is 50.2. The Hall–Kier alpha value is -2.45. The Balaban J connectivity index is 2.46. The molecular formula is C49H85O13P. The van der Waals surface area contributed by atoms with Gasteiger partial charge in [-0.25, -0.2) is 4.57 Å². The number of allylic oxidation sites excluding steroid dienone is 10. The SMILES string of the molecule is CCCCC/C=C\C/C=C\C/C=C\CCCCC(=O)OC[C@H](COP(=O)(O)OC1C(O)C(O)C(O)[C@@H](O)C1O)OC(=O)CCCCCCCCCCC/C=C\C/C=C\CCCCC. The Kier molecular flexibility index (Phi) is 36.1. The second-order valence-electron chi connectivity index (χ2n) is 16.6. The molecule has 13 nitrogen and oxygen atoms in total. The Bertz CT molecular complexity index is 1330. The van der Waals surface area contributed by atoms with Crippen molar-refractivity contribution in [1.29, 1.82) is 0 Å². The molecule has 14 heteroatoms. The lowest BCUT2D eigenvalue weighted by Gasteiger charge is -2.41. The van der Waals surface area contributed by atoms with Crippen LogP contribution in [-0.4, -0.2) is 98.3 Å². The molecule has 0 radical (unpaired) electrons. The normalized spacial score (nSPS) is 22.2. The maximum atomic E-state index is 12.8. The van der Waals surface area contributed by atoms with Crippen molar-refractivity contribution in [2.24, 2.45) is 0 Å². The fourth-order valence-corrected chi connectivity index (χ4v) is 7.88. The van der Waals surface area contributed by atoms with Gasteiger partial charge in [-0.1, -0.05) is 145 Å². The zero-order valence-corrected chi connectivity index (χ0v) is 39.5. The molecule has 1 fully saturated rings. The maximum absolute atomic E-state index is 12.8. The third-order valence-electron chi connectivity index (χ3n) is 10.8. The van der Waals surface area contributed by atoms with E-state index >= 15 is 0 Å². The van der Waals surface area contributed by atoms with Crippen LogP contribution in [0.2, 0.25) is 0 Å². The smallest absolute Gasteiger partial charge is 0.462 e. The van der Waals surface area contributed by atoms with Crippen molar-refractivity contribution in [1.82, 2.24) is 0 Å². The molecular weight excluding hydrogens is 827 g/mol. The lowest BCUT2D eigenvalue weighted by atomic mass is 9.85. The summed E-state index contributed by atoms with van der Waals surface area (Å²) in [6.45, 7) is 3.21. The summed E-state index contributed by atoms with van der Waals surface area (Å²) in [5.74, 6) is -1.15. The molecule has 0 saturated heterocycles. The average molecular weight is 913 g/mol. The molecule has 1 saturated carbocycles. The van der Waals surface area contributed by atoms with E-state index in [2.05, 4.69) is 74.6 Å². The molecule has 1 aliphatic carbocycles. The number of hydrogen-bond acceptors (Lipinski definition) is 12. The average Bonchev–Trinajstić information content (AvgIpc) is 3.26. The van der Waals surface area contributed by atoms with Crippen LogP contribution < -0.4 is 0 Å². The number of rotatable bonds is 39. The molecule has 8 atom stereocenters. The summed E-state index contributed by atoms with van der Waals surface area (Å²) in [6, 6.07) is 0. The van der Waals surface area contributed by atoms with Crippen LogP contribution in [0, 0.1) is 0 Å². The third kappa shape index (κ3) is 31.2. The lowest BCUT2D eigenvalue weighted by Crippen LogP contribution is -2.64. The van der Waals surface area contributed by atoms with Crippen molar-refractivity contribution in [2.45, 2.75) is 224 Å². The highest BCUT2D eigenvalue weighted by Crippen LogP contribution is 2.47. The highest BCUT2D eigenvalue weighted by atomic mass is 31.2. The number of aliphatic hydroxyl groups is 5. The number of esters is 2. The van der Waals surface area contributed by atoms with Gasteiger partial charge in [-0.05, 0) is 83.5 Å². The van der Waals surface area contributed by atoms with E-state index in [9.17, 15) is 44.6 Å². The first kappa shape index (κ1) is 58.6. The molecule has 0 heterocycles. The van der Waals surface area contributed by atoms with Crippen LogP contribution in [0.4, 0.5) is 0 Å². The highest BCUT2D eigenvalue weighted by Gasteiger charge is 2.51. The van der Waals surface area contributed by atoms with Gasteiger partial charge in [0.05, 0.1) is 6.61 Å². The summed E-state index contributed by atoms with van der Waals surface area (Å²) in [4.78, 5) is 35.7. The molecule has 0 aromatic rings. The molecule has 63 heavy (non-hydrogen) atoms. The number of phosphoric ester groups is 1. The molecule has 0 aromatic heterocycles. The summed E-state index contributed by atoms with van der Waals surface area (Å²) >= 11 is 0. The number of ether oxygens (including phenoxy) is 2. The zero-order valence-electron chi connectivity index (χ0n) is 38.6. The van der Waals surface area contributed by atoms with E-state index < -0.39 is 75.7 Å². The molecule has 0 amide bonds. The van der Waals surface area contributed by atoms with Gasteiger partial charge in [0.1, 0.15) is 43.2 Å². The summed E-state index contributed by atoms with van der Waals surface area (Å²) < 4.78 is 33.5. The molecule has 0 aromatic carbocycles. The van der Waals surface area contributed by atoms with Gasteiger partial charge < -0.3 is 39.9 Å². The molecule has 6 N–H and O–H groups in total. The molecule has 0 bridgehead atoms. The Labute approximate surface area is 379 Å². The minimum absolute atomic E-state index is 0.0813. The summed E-state index contributed by atoms with van der Waals surface area (Å²) in [7, 11) is -5.13. The van der Waals surface area contributed by atoms with Crippen molar-refractivity contribution in [3.63, 3.8) is 0 Å². The van der Waals surface area contributed by atoms with E-state index in [1.54, 1.807) is 0 Å². The van der Waals surface area contributed by atoms with E-state index in [4.69, 9.17) is 18.5 Å². The minimum atomic E-state index is -5.13. The number of hydrogen-bond donors (Lipinski definition) is 6. The predicted molar refractivity (Wildman–Crippen MR) is 249 cm³/mol. The highest BCUT2D eigenvalue weighted by molar-refractivity contribution is 7.47. The first-order valence-electron chi connectivity index (χ1n) is 24.1. The minimum Gasteiger partial charge on any atom is -0.462 e. The Morgan fingerprint density at radius 3 is 1.33 bits per heavy atom. The maximum Gasteiger partial charge on any atom is 0.472 e. The molecule has 0 spiro atoms. The number of aliphatic hydroxyl groups excluding tert-OH is 5. The molecule has 1 aliphatic rings. The van der Waals surface area contributed by atoms with Gasteiger partial charge in [0.25, 0.3) is 0 Å². The number of unbranched alkanes of at least 4 members (excludes halogenated alkanes) is 17. The fourth-order valence-electron chi connectivity index (χ4n) is 6.91. The van der Waals surface area contributed by atoms with Crippen LogP contribution in [0.25, 0.3) is 0 Å². The largest absolute Gasteiger partial charge is 0.472 e.